The van der Waals surface area contributed by atoms with E-state index in [0.29, 0.717) is 0 Å². The van der Waals surface area contributed by atoms with Gasteiger partial charge in [0.2, 0.25) is 0 Å². The maximum absolute atomic E-state index is 10.9. The maximum atomic E-state index is 10.9. The number of hydrogen-bond donors (Lipinski definition) is 2. The van der Waals surface area contributed by atoms with Crippen LogP contribution < -0.4 is 0 Å². The van der Waals surface area contributed by atoms with Gasteiger partial charge in [0.25, 0.3) is 0 Å². The second-order valence-corrected chi connectivity index (χ2v) is 31.0. The first kappa shape index (κ1) is 23.4. The van der Waals surface area contributed by atoms with Crippen LogP contribution in [0.3, 0.4) is 0 Å². The van der Waals surface area contributed by atoms with Gasteiger partial charge in [0.15, 0.2) is 0 Å². The molecule has 4 rings (SSSR count). The Morgan fingerprint density at radius 3 is 0.621 bits per heavy atom. The molecule has 4 aliphatic rings. The van der Waals surface area contributed by atoms with E-state index < -0.39 is 70.4 Å². The first-order valence-electron chi connectivity index (χ1n) is 8.94. The van der Waals surface area contributed by atoms with Crippen molar-refractivity contribution in [3.63, 3.8) is 0 Å². The third-order valence-corrected chi connectivity index (χ3v) is 36.9. The van der Waals surface area contributed by atoms with E-state index in [1.54, 1.807) is 39.3 Å². The standard InChI is InChI=1S/C8H26O13Si8/c1-22(9)11-24(3)15-26(5)13-23(2,10)14-27(6)16-25(4,12-22)18-28(7,17-24)21-29(8,19-26)20-27/h9-10H,1-8H3/t22?,23?,24-,25?,26-,27?,28?,29?/m0/s1. The minimum Gasteiger partial charge on any atom is -0.391 e. The van der Waals surface area contributed by atoms with Crippen molar-refractivity contribution in [2.24, 2.45) is 0 Å². The lowest BCUT2D eigenvalue weighted by Gasteiger charge is -2.56. The average molecular weight is 555 g/mol. The van der Waals surface area contributed by atoms with Crippen LogP contribution in [0, 0.1) is 0 Å². The summed E-state index contributed by atoms with van der Waals surface area (Å²) in [5, 5.41) is 0. The summed E-state index contributed by atoms with van der Waals surface area (Å²) >= 11 is 0. The van der Waals surface area contributed by atoms with E-state index in [1.807, 2.05) is 0 Å². The average Bonchev–Trinajstić information content (AvgIpc) is 2.22. The number of hydrogen-bond acceptors (Lipinski definition) is 13. The van der Waals surface area contributed by atoms with E-state index in [-0.39, 0.29) is 0 Å². The molecule has 0 amide bonds. The summed E-state index contributed by atoms with van der Waals surface area (Å²) < 4.78 is 67.4. The van der Waals surface area contributed by atoms with Crippen molar-refractivity contribution in [1.82, 2.24) is 0 Å². The molecule has 0 aliphatic carbocycles. The smallest absolute Gasteiger partial charge is 0.391 e. The van der Waals surface area contributed by atoms with E-state index in [9.17, 15) is 9.59 Å². The third kappa shape index (κ3) is 4.79. The largest absolute Gasteiger partial charge is 0.480 e. The summed E-state index contributed by atoms with van der Waals surface area (Å²) in [5.74, 6) is 0. The lowest BCUT2D eigenvalue weighted by atomic mass is 11.9. The highest BCUT2D eigenvalue weighted by Crippen LogP contribution is 2.43. The van der Waals surface area contributed by atoms with Gasteiger partial charge in [-0.1, -0.05) is 0 Å². The fraction of sp³-hybridized carbons (Fsp3) is 1.00. The van der Waals surface area contributed by atoms with Crippen molar-refractivity contribution in [2.45, 2.75) is 52.4 Å². The summed E-state index contributed by atoms with van der Waals surface area (Å²) in [5.41, 5.74) is 0. The summed E-state index contributed by atoms with van der Waals surface area (Å²) in [6.45, 7) is 12.4. The summed E-state index contributed by atoms with van der Waals surface area (Å²) in [6.07, 6.45) is 0. The highest BCUT2D eigenvalue weighted by molar-refractivity contribution is 6.99. The Morgan fingerprint density at radius 1 is 0.310 bits per heavy atom. The van der Waals surface area contributed by atoms with Crippen molar-refractivity contribution in [1.29, 1.82) is 0 Å². The van der Waals surface area contributed by atoms with Crippen molar-refractivity contribution >= 4 is 70.4 Å². The van der Waals surface area contributed by atoms with Gasteiger partial charge in [-0.15, -0.1) is 0 Å². The molecule has 4 aliphatic heterocycles. The molecule has 0 saturated carbocycles. The minimum atomic E-state index is -3.85. The molecule has 0 spiro atoms. The maximum Gasteiger partial charge on any atom is 0.480 e. The van der Waals surface area contributed by atoms with Crippen LogP contribution in [-0.2, 0) is 45.3 Å². The van der Waals surface area contributed by atoms with Gasteiger partial charge >= 0.3 is 70.4 Å². The zero-order valence-corrected chi connectivity index (χ0v) is 25.4. The van der Waals surface area contributed by atoms with Gasteiger partial charge in [-0.25, -0.2) is 0 Å². The molecule has 6 bridgehead atoms. The Labute approximate surface area is 177 Å². The number of fused-ring (bicyclic) bond motifs is 4. The quantitative estimate of drug-likeness (QED) is 0.381. The molecule has 168 valence electrons. The van der Waals surface area contributed by atoms with Crippen LogP contribution in [0.25, 0.3) is 0 Å². The second-order valence-electron chi connectivity index (χ2n) is 8.09. The SMILES string of the molecule is C[Si]1(O)O[Si]2(C)O[Si]3(C)O[Si](C)(O)O[Si@]4(C)O[Si](C)(O3)O[Si](C)(O2)O[Si@@](C)(O1)O4. The van der Waals surface area contributed by atoms with Crippen LogP contribution >= 0.6 is 0 Å². The molecule has 4 saturated heterocycles. The molecule has 0 aromatic carbocycles. The van der Waals surface area contributed by atoms with Crippen molar-refractivity contribution < 1.29 is 54.9 Å². The zero-order chi connectivity index (χ0) is 21.8. The van der Waals surface area contributed by atoms with Crippen molar-refractivity contribution in [2.75, 3.05) is 0 Å². The Balaban J connectivity index is 1.95. The van der Waals surface area contributed by atoms with Crippen LogP contribution in [0.2, 0.25) is 52.4 Å². The lowest BCUT2D eigenvalue weighted by molar-refractivity contribution is 0.00389. The van der Waals surface area contributed by atoms with Gasteiger partial charge in [0.05, 0.1) is 0 Å². The van der Waals surface area contributed by atoms with E-state index in [0.717, 1.165) is 0 Å². The zero-order valence-electron chi connectivity index (χ0n) is 17.4. The molecular weight excluding hydrogens is 529 g/mol. The Hall–Kier alpha value is 1.22. The lowest BCUT2D eigenvalue weighted by Crippen LogP contribution is -2.82. The van der Waals surface area contributed by atoms with Crippen LogP contribution in [-0.4, -0.2) is 80.0 Å². The normalized spacial score (nSPS) is 63.1. The predicted octanol–water partition coefficient (Wildman–Crippen LogP) is -0.242. The van der Waals surface area contributed by atoms with E-state index in [1.165, 1.54) is 13.1 Å². The van der Waals surface area contributed by atoms with Gasteiger partial charge in [-0.05, 0) is 0 Å². The molecule has 6 unspecified atom stereocenters. The number of rotatable bonds is 0. The first-order chi connectivity index (χ1) is 12.8. The Bertz CT molecular complexity index is 614. The van der Waals surface area contributed by atoms with E-state index >= 15 is 0 Å². The molecule has 29 heavy (non-hydrogen) atoms. The predicted molar refractivity (Wildman–Crippen MR) is 109 cm³/mol. The highest BCUT2D eigenvalue weighted by atomic mass is 28.6. The van der Waals surface area contributed by atoms with Crippen LogP contribution in [0.5, 0.6) is 0 Å². The van der Waals surface area contributed by atoms with E-state index in [4.69, 9.17) is 45.3 Å². The fourth-order valence-corrected chi connectivity index (χ4v) is 44.9. The molecule has 0 radical (unpaired) electrons. The Kier molecular flexibility index (Phi) is 5.17. The summed E-state index contributed by atoms with van der Waals surface area (Å²) in [6, 6.07) is 0. The van der Waals surface area contributed by atoms with E-state index in [2.05, 4.69) is 0 Å². The summed E-state index contributed by atoms with van der Waals surface area (Å²) in [7, 11) is -29.6. The fourth-order valence-electron chi connectivity index (χ4n) is 4.15. The second kappa shape index (κ2) is 6.41. The van der Waals surface area contributed by atoms with Crippen molar-refractivity contribution in [3.8, 4) is 0 Å². The van der Waals surface area contributed by atoms with Crippen LogP contribution in [0.15, 0.2) is 0 Å². The minimum absolute atomic E-state index is 1.42. The van der Waals surface area contributed by atoms with Gasteiger partial charge < -0.3 is 54.9 Å². The topological polar surface area (TPSA) is 142 Å². The molecule has 4 fully saturated rings. The van der Waals surface area contributed by atoms with Gasteiger partial charge in [-0.3, -0.25) is 0 Å². The summed E-state index contributed by atoms with van der Waals surface area (Å²) in [4.78, 5) is 21.8. The van der Waals surface area contributed by atoms with Gasteiger partial charge in [-0.2, -0.15) is 0 Å². The highest BCUT2D eigenvalue weighted by Gasteiger charge is 2.74. The van der Waals surface area contributed by atoms with Crippen LogP contribution in [0.1, 0.15) is 0 Å². The molecule has 0 aromatic heterocycles. The molecular formula is C8H26O13Si8. The molecule has 0 aromatic rings. The molecule has 8 atom stereocenters. The molecule has 2 N–H and O–H groups in total. The van der Waals surface area contributed by atoms with Gasteiger partial charge in [0, 0.05) is 52.4 Å². The van der Waals surface area contributed by atoms with Crippen molar-refractivity contribution in [3.05, 3.63) is 0 Å². The first-order valence-corrected chi connectivity index (χ1v) is 26.8. The molecule has 13 nitrogen and oxygen atoms in total. The molecule has 21 heteroatoms. The van der Waals surface area contributed by atoms with Crippen LogP contribution in [0.4, 0.5) is 0 Å². The molecule has 4 heterocycles. The van der Waals surface area contributed by atoms with Gasteiger partial charge in [0.1, 0.15) is 0 Å². The monoisotopic (exact) mass is 554 g/mol. The third-order valence-electron chi connectivity index (χ3n) is 4.09. The Morgan fingerprint density at radius 2 is 0.448 bits per heavy atom.